The van der Waals surface area contributed by atoms with Crippen molar-refractivity contribution in [1.82, 2.24) is 0 Å². The van der Waals surface area contributed by atoms with Crippen LogP contribution in [0.25, 0.3) is 0 Å². The molecule has 0 radical (unpaired) electrons. The van der Waals surface area contributed by atoms with Crippen molar-refractivity contribution in [1.29, 1.82) is 0 Å². The third-order valence-corrected chi connectivity index (χ3v) is 4.89. The number of unbranched alkanes of at least 4 members (excludes halogenated alkanes) is 4. The van der Waals surface area contributed by atoms with Crippen LogP contribution in [0.2, 0.25) is 0 Å². The van der Waals surface area contributed by atoms with Gasteiger partial charge in [-0.3, -0.25) is 0 Å². The first-order valence-electron chi connectivity index (χ1n) is 9.38. The summed E-state index contributed by atoms with van der Waals surface area (Å²) in [5, 5.41) is 0. The lowest BCUT2D eigenvalue weighted by Crippen LogP contribution is -2.10. The lowest BCUT2D eigenvalue weighted by Gasteiger charge is -2.14. The van der Waals surface area contributed by atoms with Crippen molar-refractivity contribution in [3.8, 4) is 12.0 Å². The Morgan fingerprint density at radius 2 is 1.34 bits per heavy atom. The lowest BCUT2D eigenvalue weighted by atomic mass is 10.2. The summed E-state index contributed by atoms with van der Waals surface area (Å²) in [6, 6.07) is 15.8. The van der Waals surface area contributed by atoms with E-state index >= 15 is 0 Å². The van der Waals surface area contributed by atoms with Crippen molar-refractivity contribution in [3.05, 3.63) is 71.8 Å². The molecule has 0 saturated carbocycles. The maximum absolute atomic E-state index is 12.9. The molecule has 0 saturated heterocycles. The van der Waals surface area contributed by atoms with Crippen LogP contribution in [0, 0.1) is 12.0 Å². The van der Waals surface area contributed by atoms with Crippen molar-refractivity contribution in [3.63, 3.8) is 0 Å². The van der Waals surface area contributed by atoms with E-state index in [9.17, 15) is 14.2 Å². The number of carbonyl (C=O) groups is 2. The van der Waals surface area contributed by atoms with Gasteiger partial charge >= 0.3 is 19.8 Å². The topological polar surface area (TPSA) is 78.9 Å². The zero-order valence-corrected chi connectivity index (χ0v) is 17.1. The molecule has 0 spiro atoms. The summed E-state index contributed by atoms with van der Waals surface area (Å²) in [6.07, 6.45) is 6.86. The summed E-state index contributed by atoms with van der Waals surface area (Å²) in [6.45, 7) is 2.10. The maximum atomic E-state index is 12.9. The molecule has 2 aromatic carbocycles. The highest BCUT2D eigenvalue weighted by atomic mass is 31.2. The second-order valence-electron chi connectivity index (χ2n) is 6.12. The zero-order chi connectivity index (χ0) is 21.0. The van der Waals surface area contributed by atoms with Crippen LogP contribution in [0.4, 0.5) is 0 Å². The molecule has 0 bridgehead atoms. The molecule has 0 aliphatic rings. The molecule has 2 aromatic rings. The summed E-state index contributed by atoms with van der Waals surface area (Å²) in [7, 11) is -4.60. The average Bonchev–Trinajstić information content (AvgIpc) is 2.74. The van der Waals surface area contributed by atoms with Crippen molar-refractivity contribution in [2.24, 2.45) is 0 Å². The van der Waals surface area contributed by atoms with Crippen LogP contribution in [-0.4, -0.2) is 11.9 Å². The van der Waals surface area contributed by atoms with Gasteiger partial charge in [-0.15, -0.1) is 0 Å². The van der Waals surface area contributed by atoms with E-state index in [1.54, 1.807) is 36.4 Å². The molecule has 0 amide bonds. The van der Waals surface area contributed by atoms with Crippen LogP contribution in [0.5, 0.6) is 0 Å². The van der Waals surface area contributed by atoms with Crippen molar-refractivity contribution in [2.75, 3.05) is 0 Å². The average molecular weight is 414 g/mol. The molecule has 29 heavy (non-hydrogen) atoms. The first-order chi connectivity index (χ1) is 14.0. The van der Waals surface area contributed by atoms with Gasteiger partial charge in [0.25, 0.3) is 0 Å². The molecule has 0 aliphatic carbocycles. The minimum absolute atomic E-state index is 0.139. The lowest BCUT2D eigenvalue weighted by molar-refractivity contribution is 0.0563. The Balaban J connectivity index is 2.09. The number of carbonyl (C=O) groups excluding carboxylic acids is 2. The summed E-state index contributed by atoms with van der Waals surface area (Å²) >= 11 is 0. The smallest absolute Gasteiger partial charge is 0.347 e. The Morgan fingerprint density at radius 3 is 1.83 bits per heavy atom. The summed E-state index contributed by atoms with van der Waals surface area (Å²) in [4.78, 5) is 24.5. The number of hydrogen-bond acceptors (Lipinski definition) is 6. The number of benzene rings is 2. The van der Waals surface area contributed by atoms with Crippen LogP contribution in [-0.2, 0) is 18.1 Å². The largest absolute Gasteiger partial charge is 0.660 e. The second-order valence-corrected chi connectivity index (χ2v) is 7.56. The van der Waals surface area contributed by atoms with Gasteiger partial charge in [0.2, 0.25) is 0 Å². The molecule has 7 heteroatoms. The molecule has 0 unspecified atom stereocenters. The van der Waals surface area contributed by atoms with E-state index in [0.717, 1.165) is 25.7 Å². The Labute approximate surface area is 170 Å². The molecule has 0 aromatic heterocycles. The summed E-state index contributed by atoms with van der Waals surface area (Å²) < 4.78 is 27.7. The highest BCUT2D eigenvalue weighted by Crippen LogP contribution is 2.50. The van der Waals surface area contributed by atoms with Gasteiger partial charge in [-0.25, -0.2) is 9.59 Å². The predicted molar refractivity (Wildman–Crippen MR) is 109 cm³/mol. The normalized spacial score (nSPS) is 10.4. The SMILES string of the molecule is CCCCCCC#COP(=O)(OC(=O)c1ccccc1)OC(=O)c1ccccc1. The predicted octanol–water partition coefficient (Wildman–Crippen LogP) is 5.76. The van der Waals surface area contributed by atoms with E-state index in [1.807, 2.05) is 0 Å². The van der Waals surface area contributed by atoms with Crippen LogP contribution in [0.15, 0.2) is 60.7 Å². The summed E-state index contributed by atoms with van der Waals surface area (Å²) in [5.41, 5.74) is 0.277. The van der Waals surface area contributed by atoms with Gasteiger partial charge in [0.15, 0.2) is 0 Å². The van der Waals surface area contributed by atoms with Gasteiger partial charge in [0.1, 0.15) is 6.11 Å². The fourth-order valence-corrected chi connectivity index (χ4v) is 3.20. The molecule has 0 N–H and O–H groups in total. The van der Waals surface area contributed by atoms with E-state index in [2.05, 4.69) is 19.0 Å². The standard InChI is InChI=1S/C22H23O6P/c1-2-3-4-5-6-13-18-26-29(25,27-21(23)19-14-9-7-10-15-19)28-22(24)20-16-11-8-12-17-20/h7-12,14-17H,2-6H2,1H3. The van der Waals surface area contributed by atoms with Crippen LogP contribution < -0.4 is 0 Å². The highest BCUT2D eigenvalue weighted by molar-refractivity contribution is 7.49. The maximum Gasteiger partial charge on any atom is 0.660 e. The van der Waals surface area contributed by atoms with Gasteiger partial charge in [0, 0.05) is 6.42 Å². The quantitative estimate of drug-likeness (QED) is 0.295. The van der Waals surface area contributed by atoms with Gasteiger partial charge in [0.05, 0.1) is 11.1 Å². The van der Waals surface area contributed by atoms with Gasteiger partial charge in [-0.1, -0.05) is 68.5 Å². The highest BCUT2D eigenvalue weighted by Gasteiger charge is 2.37. The van der Waals surface area contributed by atoms with Crippen molar-refractivity contribution in [2.45, 2.75) is 39.0 Å². The molecule has 0 heterocycles. The van der Waals surface area contributed by atoms with Gasteiger partial charge < -0.3 is 13.6 Å². The zero-order valence-electron chi connectivity index (χ0n) is 16.2. The first kappa shape index (κ1) is 22.3. The molecular formula is C22H23O6P. The summed E-state index contributed by atoms with van der Waals surface area (Å²) in [5.74, 6) is 0.809. The molecule has 0 atom stereocenters. The van der Waals surface area contributed by atoms with Crippen LogP contribution in [0.3, 0.4) is 0 Å². The Morgan fingerprint density at radius 1 is 0.828 bits per heavy atom. The third-order valence-electron chi connectivity index (χ3n) is 3.79. The minimum Gasteiger partial charge on any atom is -0.347 e. The van der Waals surface area contributed by atoms with Crippen molar-refractivity contribution < 1.29 is 27.7 Å². The third kappa shape index (κ3) is 7.85. The number of hydrogen-bond donors (Lipinski definition) is 0. The van der Waals surface area contributed by atoms with Crippen LogP contribution >= 0.6 is 7.82 Å². The van der Waals surface area contributed by atoms with E-state index in [1.165, 1.54) is 24.3 Å². The van der Waals surface area contributed by atoms with E-state index in [0.29, 0.717) is 6.42 Å². The van der Waals surface area contributed by atoms with Crippen LogP contribution in [0.1, 0.15) is 59.7 Å². The number of phosphoric ester groups is 1. The number of rotatable bonds is 9. The Bertz CT molecular complexity index is 842. The second kappa shape index (κ2) is 11.7. The molecule has 0 aliphatic heterocycles. The number of phosphoric acid groups is 1. The molecule has 152 valence electrons. The van der Waals surface area contributed by atoms with Gasteiger partial charge in [-0.05, 0) is 30.7 Å². The van der Waals surface area contributed by atoms with Crippen molar-refractivity contribution >= 4 is 19.8 Å². The molecule has 0 fully saturated rings. The van der Waals surface area contributed by atoms with E-state index in [-0.39, 0.29) is 11.1 Å². The molecular weight excluding hydrogens is 391 g/mol. The Kier molecular flexibility index (Phi) is 9.01. The van der Waals surface area contributed by atoms with Gasteiger partial charge in [-0.2, -0.15) is 4.57 Å². The molecule has 2 rings (SSSR count). The minimum atomic E-state index is -4.60. The molecule has 6 nitrogen and oxygen atoms in total. The monoisotopic (exact) mass is 414 g/mol. The fourth-order valence-electron chi connectivity index (χ4n) is 2.29. The van der Waals surface area contributed by atoms with E-state index in [4.69, 9.17) is 13.6 Å². The van der Waals surface area contributed by atoms with E-state index < -0.39 is 19.8 Å². The Hall–Kier alpha value is -3.03. The first-order valence-corrected chi connectivity index (χ1v) is 10.8. The fraction of sp³-hybridized carbons (Fsp3) is 0.273.